The average Bonchev–Trinajstić information content (AvgIpc) is 3.38. The summed E-state index contributed by atoms with van der Waals surface area (Å²) < 4.78 is 33.4. The lowest BCUT2D eigenvalue weighted by Crippen LogP contribution is -2.40. The van der Waals surface area contributed by atoms with Crippen molar-refractivity contribution in [3.8, 4) is 17.2 Å². The molecule has 1 atom stereocenters. The van der Waals surface area contributed by atoms with Crippen molar-refractivity contribution in [3.05, 3.63) is 151 Å². The van der Waals surface area contributed by atoms with Crippen LogP contribution in [-0.2, 0) is 11.4 Å². The molecule has 6 rings (SSSR count). The third-order valence-corrected chi connectivity index (χ3v) is 8.60. The molecule has 47 heavy (non-hydrogen) atoms. The van der Waals surface area contributed by atoms with Gasteiger partial charge in [-0.1, -0.05) is 65.9 Å². The van der Waals surface area contributed by atoms with Gasteiger partial charge in [0.25, 0.3) is 11.5 Å². The molecule has 5 aromatic rings. The fourth-order valence-corrected chi connectivity index (χ4v) is 6.43. The molecule has 0 fully saturated rings. The van der Waals surface area contributed by atoms with Crippen molar-refractivity contribution in [1.82, 2.24) is 4.57 Å². The van der Waals surface area contributed by atoms with Gasteiger partial charge >= 0.3 is 0 Å². The van der Waals surface area contributed by atoms with Gasteiger partial charge in [0.2, 0.25) is 0 Å². The smallest absolute Gasteiger partial charge is 0.271 e. The molecule has 8 nitrogen and oxygen atoms in total. The number of fused-ring (bicyclic) bond motifs is 1. The number of para-hydroxylation sites is 1. The Kier molecular flexibility index (Phi) is 9.30. The quantitative estimate of drug-likeness (QED) is 0.201. The van der Waals surface area contributed by atoms with Gasteiger partial charge in [-0.15, -0.1) is 0 Å². The van der Waals surface area contributed by atoms with Crippen LogP contribution in [0, 0.1) is 5.82 Å². The minimum atomic E-state index is -0.750. The van der Waals surface area contributed by atoms with Crippen molar-refractivity contribution in [2.24, 2.45) is 4.99 Å². The fraction of sp³-hybridized carbons (Fsp3) is 0.162. The van der Waals surface area contributed by atoms with Gasteiger partial charge in [0.15, 0.2) is 16.3 Å². The van der Waals surface area contributed by atoms with E-state index in [1.165, 1.54) is 17.4 Å². The summed E-state index contributed by atoms with van der Waals surface area (Å²) in [5.74, 6) is 0.821. The lowest BCUT2D eigenvalue weighted by atomic mass is 9.95. The summed E-state index contributed by atoms with van der Waals surface area (Å²) in [5.41, 5.74) is 3.04. The fourth-order valence-electron chi connectivity index (χ4n) is 5.38. The number of ether oxygens (including phenoxy) is 3. The molecular formula is C37H32FN3O5S. The SMILES string of the molecule is CCOc1cc(/C=c2\sc3n(c2=O)[C@@H](c2cccc(OC)c2)C(C(=O)Nc2ccccc2)=C(C)N=3)ccc1OCc1ccccc1F. The predicted molar refractivity (Wildman–Crippen MR) is 180 cm³/mol. The van der Waals surface area contributed by atoms with E-state index < -0.39 is 6.04 Å². The standard InChI is InChI=1S/C37H32FN3O5S/c1-4-45-31-19-24(17-18-30(31)46-22-26-11-8-9-16-29(26)38)20-32-36(43)41-34(25-12-10-15-28(21-25)44-3)33(23(2)39-37(41)47-32)35(42)40-27-13-6-5-7-14-27/h5-21,34H,4,22H2,1-3H3,(H,40,42)/b32-20-/t34-/m0/s1. The number of allylic oxidation sites excluding steroid dienone is 1. The maximum absolute atomic E-state index is 14.2. The van der Waals surface area contributed by atoms with Crippen LogP contribution in [0.3, 0.4) is 0 Å². The van der Waals surface area contributed by atoms with Gasteiger partial charge in [0.05, 0.1) is 35.6 Å². The number of carbonyl (C=O) groups excluding carboxylic acids is 1. The molecule has 4 aromatic carbocycles. The molecule has 0 saturated carbocycles. The van der Waals surface area contributed by atoms with E-state index in [1.807, 2.05) is 49.4 Å². The molecule has 0 unspecified atom stereocenters. The normalized spacial score (nSPS) is 14.3. The highest BCUT2D eigenvalue weighted by atomic mass is 32.1. The van der Waals surface area contributed by atoms with Crippen LogP contribution in [0.2, 0.25) is 0 Å². The third kappa shape index (κ3) is 6.73. The van der Waals surface area contributed by atoms with Crippen LogP contribution in [-0.4, -0.2) is 24.2 Å². The Labute approximate surface area is 274 Å². The van der Waals surface area contributed by atoms with Gasteiger partial charge in [-0.25, -0.2) is 9.38 Å². The largest absolute Gasteiger partial charge is 0.497 e. The van der Waals surface area contributed by atoms with Crippen molar-refractivity contribution in [2.45, 2.75) is 26.5 Å². The number of carbonyl (C=O) groups is 1. The first-order valence-electron chi connectivity index (χ1n) is 15.0. The first-order chi connectivity index (χ1) is 22.9. The van der Waals surface area contributed by atoms with Gasteiger partial charge in [-0.2, -0.15) is 0 Å². The van der Waals surface area contributed by atoms with Crippen molar-refractivity contribution < 1.29 is 23.4 Å². The highest BCUT2D eigenvalue weighted by Crippen LogP contribution is 2.33. The molecular weight excluding hydrogens is 617 g/mol. The highest BCUT2D eigenvalue weighted by Gasteiger charge is 2.32. The first-order valence-corrected chi connectivity index (χ1v) is 15.8. The van der Waals surface area contributed by atoms with Crippen molar-refractivity contribution >= 4 is 29.0 Å². The summed E-state index contributed by atoms with van der Waals surface area (Å²) in [7, 11) is 1.57. The van der Waals surface area contributed by atoms with Crippen LogP contribution in [0.4, 0.5) is 10.1 Å². The molecule has 238 valence electrons. The topological polar surface area (TPSA) is 91.2 Å². The second-order valence-electron chi connectivity index (χ2n) is 10.7. The summed E-state index contributed by atoms with van der Waals surface area (Å²) in [4.78, 5) is 33.2. The van der Waals surface area contributed by atoms with Crippen molar-refractivity contribution in [2.75, 3.05) is 19.0 Å². The van der Waals surface area contributed by atoms with Gasteiger partial charge in [-0.3, -0.25) is 14.2 Å². The van der Waals surface area contributed by atoms with E-state index in [1.54, 1.807) is 73.2 Å². The monoisotopic (exact) mass is 649 g/mol. The number of rotatable bonds is 10. The maximum atomic E-state index is 14.2. The van der Waals surface area contributed by atoms with Crippen LogP contribution in [0.15, 0.2) is 118 Å². The van der Waals surface area contributed by atoms with E-state index in [4.69, 9.17) is 19.2 Å². The summed E-state index contributed by atoms with van der Waals surface area (Å²) in [6.07, 6.45) is 1.76. The molecule has 0 bridgehead atoms. The molecule has 0 spiro atoms. The molecule has 0 aliphatic carbocycles. The summed E-state index contributed by atoms with van der Waals surface area (Å²) in [5, 5.41) is 2.96. The molecule has 10 heteroatoms. The van der Waals surface area contributed by atoms with Crippen LogP contribution in [0.1, 0.15) is 36.6 Å². The van der Waals surface area contributed by atoms with Gasteiger partial charge in [0, 0.05) is 11.3 Å². The van der Waals surface area contributed by atoms with E-state index >= 15 is 0 Å². The molecule has 2 heterocycles. The van der Waals surface area contributed by atoms with Gasteiger partial charge in [0.1, 0.15) is 18.2 Å². The Balaban J connectivity index is 1.40. The Bertz CT molecular complexity index is 2160. The zero-order valence-electron chi connectivity index (χ0n) is 26.0. The maximum Gasteiger partial charge on any atom is 0.271 e. The zero-order chi connectivity index (χ0) is 32.9. The molecule has 1 N–H and O–H groups in total. The Morgan fingerprint density at radius 3 is 2.53 bits per heavy atom. The number of methoxy groups -OCH3 is 1. The predicted octanol–water partition coefficient (Wildman–Crippen LogP) is 6.00. The Morgan fingerprint density at radius 2 is 1.77 bits per heavy atom. The van der Waals surface area contributed by atoms with E-state index in [0.717, 1.165) is 0 Å². The minimum absolute atomic E-state index is 0.0362. The summed E-state index contributed by atoms with van der Waals surface area (Å²) >= 11 is 1.24. The van der Waals surface area contributed by atoms with Crippen LogP contribution in [0.25, 0.3) is 6.08 Å². The number of halogens is 1. The van der Waals surface area contributed by atoms with Crippen molar-refractivity contribution in [1.29, 1.82) is 0 Å². The Morgan fingerprint density at radius 1 is 0.979 bits per heavy atom. The van der Waals surface area contributed by atoms with Crippen molar-refractivity contribution in [3.63, 3.8) is 0 Å². The van der Waals surface area contributed by atoms with Crippen LogP contribution < -0.4 is 34.4 Å². The van der Waals surface area contributed by atoms with Crippen LogP contribution >= 0.6 is 11.3 Å². The van der Waals surface area contributed by atoms with E-state index in [0.29, 0.717) is 66.8 Å². The summed E-state index contributed by atoms with van der Waals surface area (Å²) in [6.45, 7) is 4.06. The second-order valence-corrected chi connectivity index (χ2v) is 11.7. The van der Waals surface area contributed by atoms with Gasteiger partial charge in [-0.05, 0) is 73.5 Å². The molecule has 1 aliphatic heterocycles. The van der Waals surface area contributed by atoms with Crippen LogP contribution in [0.5, 0.6) is 17.2 Å². The summed E-state index contributed by atoms with van der Waals surface area (Å²) in [6, 6.07) is 27.5. The number of hydrogen-bond acceptors (Lipinski definition) is 7. The minimum Gasteiger partial charge on any atom is -0.497 e. The number of benzene rings is 4. The van der Waals surface area contributed by atoms with E-state index in [2.05, 4.69) is 5.32 Å². The lowest BCUT2D eigenvalue weighted by molar-refractivity contribution is -0.113. The van der Waals surface area contributed by atoms with Gasteiger partial charge < -0.3 is 19.5 Å². The van der Waals surface area contributed by atoms with E-state index in [-0.39, 0.29) is 23.9 Å². The lowest BCUT2D eigenvalue weighted by Gasteiger charge is -2.25. The second kappa shape index (κ2) is 13.9. The molecule has 1 amide bonds. The Hall–Kier alpha value is -5.48. The molecule has 0 saturated heterocycles. The number of amides is 1. The number of hydrogen-bond donors (Lipinski definition) is 1. The number of nitrogens with zero attached hydrogens (tertiary/aromatic N) is 2. The highest BCUT2D eigenvalue weighted by molar-refractivity contribution is 7.07. The first kappa shape index (κ1) is 31.5. The van der Waals surface area contributed by atoms with E-state index in [9.17, 15) is 14.0 Å². The number of anilines is 1. The number of aromatic nitrogens is 1. The zero-order valence-corrected chi connectivity index (χ0v) is 26.8. The number of nitrogens with one attached hydrogen (secondary N) is 1. The third-order valence-electron chi connectivity index (χ3n) is 7.61. The molecule has 1 aliphatic rings. The average molecular weight is 650 g/mol. The number of thiazole rings is 1. The molecule has 1 aromatic heterocycles. The molecule has 0 radical (unpaired) electrons.